The van der Waals surface area contributed by atoms with Crippen molar-refractivity contribution in [1.29, 1.82) is 0 Å². The Hall–Kier alpha value is -1.36. The molecular weight excluding hydrogens is 218 g/mol. The van der Waals surface area contributed by atoms with Gasteiger partial charge in [-0.1, -0.05) is 13.8 Å². The second-order valence-corrected chi connectivity index (χ2v) is 4.52. The molecule has 0 atom stereocenters. The molecule has 0 bridgehead atoms. The number of aromatic nitrogens is 2. The van der Waals surface area contributed by atoms with Crippen LogP contribution in [0.3, 0.4) is 0 Å². The van der Waals surface area contributed by atoms with Gasteiger partial charge in [0.15, 0.2) is 0 Å². The third-order valence-electron chi connectivity index (χ3n) is 2.17. The Balaban J connectivity index is 2.56. The summed E-state index contributed by atoms with van der Waals surface area (Å²) in [5, 5.41) is 3.08. The molecule has 0 aliphatic rings. The van der Waals surface area contributed by atoms with Gasteiger partial charge in [-0.15, -0.1) is 0 Å². The smallest absolute Gasteiger partial charge is 0.252 e. The van der Waals surface area contributed by atoms with Gasteiger partial charge >= 0.3 is 0 Å². The first-order chi connectivity index (χ1) is 7.99. The fourth-order valence-corrected chi connectivity index (χ4v) is 1.31. The van der Waals surface area contributed by atoms with Crippen LogP contribution in [0.1, 0.15) is 39.4 Å². The van der Waals surface area contributed by atoms with E-state index in [0.717, 1.165) is 0 Å². The third kappa shape index (κ3) is 4.99. The topological polar surface area (TPSA) is 67.0 Å². The number of hydrogen-bond acceptors (Lipinski definition) is 4. The van der Waals surface area contributed by atoms with Crippen LogP contribution in [0.15, 0.2) is 10.9 Å². The zero-order valence-electron chi connectivity index (χ0n) is 10.9. The van der Waals surface area contributed by atoms with Crippen molar-refractivity contribution in [3.63, 3.8) is 0 Å². The van der Waals surface area contributed by atoms with E-state index in [1.807, 2.05) is 27.7 Å². The lowest BCUT2D eigenvalue weighted by atomic mass is 10.2. The predicted octanol–water partition coefficient (Wildman–Crippen LogP) is 1.73. The molecule has 0 aliphatic carbocycles. The van der Waals surface area contributed by atoms with Crippen molar-refractivity contribution in [2.24, 2.45) is 0 Å². The molecule has 0 aliphatic heterocycles. The monoisotopic (exact) mass is 239 g/mol. The molecule has 1 heterocycles. The summed E-state index contributed by atoms with van der Waals surface area (Å²) >= 11 is 0. The second kappa shape index (κ2) is 6.39. The minimum atomic E-state index is -0.129. The van der Waals surface area contributed by atoms with Crippen LogP contribution in [0.4, 0.5) is 5.82 Å². The Morgan fingerprint density at radius 3 is 2.71 bits per heavy atom. The Labute approximate surface area is 102 Å². The first kappa shape index (κ1) is 13.7. The van der Waals surface area contributed by atoms with Gasteiger partial charge in [-0.3, -0.25) is 4.79 Å². The van der Waals surface area contributed by atoms with Gasteiger partial charge in [0, 0.05) is 18.5 Å². The molecule has 0 saturated carbocycles. The van der Waals surface area contributed by atoms with E-state index in [9.17, 15) is 4.79 Å². The maximum Gasteiger partial charge on any atom is 0.252 e. The number of hydrogen-bond donors (Lipinski definition) is 2. The Bertz CT molecular complexity index is 399. The number of rotatable bonds is 6. The molecule has 0 radical (unpaired) electrons. The number of anilines is 1. The minimum Gasteiger partial charge on any atom is -0.377 e. The molecule has 0 fully saturated rings. The first-order valence-corrected chi connectivity index (χ1v) is 5.95. The maximum absolute atomic E-state index is 11.4. The van der Waals surface area contributed by atoms with Crippen molar-refractivity contribution in [3.05, 3.63) is 22.2 Å². The van der Waals surface area contributed by atoms with Crippen LogP contribution >= 0.6 is 0 Å². The lowest BCUT2D eigenvalue weighted by Gasteiger charge is -2.10. The van der Waals surface area contributed by atoms with E-state index in [0.29, 0.717) is 24.8 Å². The highest BCUT2D eigenvalue weighted by Gasteiger charge is 2.04. The maximum atomic E-state index is 11.4. The second-order valence-electron chi connectivity index (χ2n) is 4.52. The zero-order chi connectivity index (χ0) is 12.8. The highest BCUT2D eigenvalue weighted by atomic mass is 16.5. The lowest BCUT2D eigenvalue weighted by molar-refractivity contribution is 0.0870. The number of nitrogens with one attached hydrogen (secondary N) is 2. The summed E-state index contributed by atoms with van der Waals surface area (Å²) in [7, 11) is 0. The van der Waals surface area contributed by atoms with Crippen molar-refractivity contribution in [3.8, 4) is 0 Å². The van der Waals surface area contributed by atoms with Gasteiger partial charge in [0.2, 0.25) is 0 Å². The molecule has 1 rings (SSSR count). The third-order valence-corrected chi connectivity index (χ3v) is 2.17. The fourth-order valence-electron chi connectivity index (χ4n) is 1.31. The lowest BCUT2D eigenvalue weighted by Crippen LogP contribution is -2.18. The summed E-state index contributed by atoms with van der Waals surface area (Å²) in [4.78, 5) is 18.4. The molecule has 96 valence electrons. The fraction of sp³-hybridized carbons (Fsp3) is 0.667. The van der Waals surface area contributed by atoms with Crippen LogP contribution < -0.4 is 10.9 Å². The van der Waals surface area contributed by atoms with E-state index >= 15 is 0 Å². The minimum absolute atomic E-state index is 0.129. The normalized spacial score (nSPS) is 11.2. The standard InChI is InChI=1S/C12H21N3O2/c1-8(2)12-14-10(7-11(16)15-12)13-5-6-17-9(3)4/h7-9H,5-6H2,1-4H3,(H2,13,14,15,16). The number of H-pyrrole nitrogens is 1. The quantitative estimate of drug-likeness (QED) is 0.742. The first-order valence-electron chi connectivity index (χ1n) is 5.95. The summed E-state index contributed by atoms with van der Waals surface area (Å²) in [5.74, 6) is 1.51. The summed E-state index contributed by atoms with van der Waals surface area (Å²) in [6, 6.07) is 1.46. The summed E-state index contributed by atoms with van der Waals surface area (Å²) in [6.07, 6.45) is 0.218. The highest BCUT2D eigenvalue weighted by molar-refractivity contribution is 5.33. The van der Waals surface area contributed by atoms with Gasteiger partial charge in [-0.25, -0.2) is 4.98 Å². The molecule has 1 aromatic rings. The molecule has 0 aromatic carbocycles. The van der Waals surface area contributed by atoms with Gasteiger partial charge in [0.1, 0.15) is 11.6 Å². The van der Waals surface area contributed by atoms with Crippen LogP contribution in [0, 0.1) is 0 Å². The van der Waals surface area contributed by atoms with Gasteiger partial charge < -0.3 is 15.0 Å². The van der Waals surface area contributed by atoms with E-state index < -0.39 is 0 Å². The molecule has 0 saturated heterocycles. The average molecular weight is 239 g/mol. The molecular formula is C12H21N3O2. The van der Waals surface area contributed by atoms with E-state index in [2.05, 4.69) is 15.3 Å². The Kier molecular flexibility index (Phi) is 5.15. The molecule has 2 N–H and O–H groups in total. The highest BCUT2D eigenvalue weighted by Crippen LogP contribution is 2.08. The summed E-state index contributed by atoms with van der Waals surface area (Å²) in [5.41, 5.74) is -0.129. The molecule has 0 unspecified atom stereocenters. The molecule has 0 amide bonds. The van der Waals surface area contributed by atoms with Crippen molar-refractivity contribution in [2.45, 2.75) is 39.7 Å². The Morgan fingerprint density at radius 1 is 1.41 bits per heavy atom. The van der Waals surface area contributed by atoms with Gasteiger partial charge in [-0.05, 0) is 13.8 Å². The van der Waals surface area contributed by atoms with Crippen molar-refractivity contribution in [2.75, 3.05) is 18.5 Å². The van der Waals surface area contributed by atoms with Crippen molar-refractivity contribution >= 4 is 5.82 Å². The molecule has 0 spiro atoms. The molecule has 5 nitrogen and oxygen atoms in total. The van der Waals surface area contributed by atoms with Crippen LogP contribution in [0.25, 0.3) is 0 Å². The largest absolute Gasteiger partial charge is 0.377 e. The molecule has 5 heteroatoms. The van der Waals surface area contributed by atoms with E-state index in [-0.39, 0.29) is 17.6 Å². The van der Waals surface area contributed by atoms with Crippen LogP contribution in [-0.2, 0) is 4.74 Å². The van der Waals surface area contributed by atoms with Crippen molar-refractivity contribution < 1.29 is 4.74 Å². The number of ether oxygens (including phenoxy) is 1. The Morgan fingerprint density at radius 2 is 2.12 bits per heavy atom. The van der Waals surface area contributed by atoms with E-state index in [4.69, 9.17) is 4.74 Å². The molecule has 1 aromatic heterocycles. The van der Waals surface area contributed by atoms with Gasteiger partial charge in [0.05, 0.1) is 12.7 Å². The summed E-state index contributed by atoms with van der Waals surface area (Å²) < 4.78 is 5.40. The van der Waals surface area contributed by atoms with Crippen molar-refractivity contribution in [1.82, 2.24) is 9.97 Å². The SMILES string of the molecule is CC(C)OCCNc1cc(=O)[nH]c(C(C)C)n1. The molecule has 17 heavy (non-hydrogen) atoms. The number of aromatic amines is 1. The van der Waals surface area contributed by atoms with Crippen LogP contribution in [0.2, 0.25) is 0 Å². The van der Waals surface area contributed by atoms with Gasteiger partial charge in [-0.2, -0.15) is 0 Å². The summed E-state index contributed by atoms with van der Waals surface area (Å²) in [6.45, 7) is 9.20. The van der Waals surface area contributed by atoms with Crippen LogP contribution in [-0.4, -0.2) is 29.2 Å². The predicted molar refractivity (Wildman–Crippen MR) is 68.5 cm³/mol. The van der Waals surface area contributed by atoms with Crippen LogP contribution in [0.5, 0.6) is 0 Å². The average Bonchev–Trinajstić information content (AvgIpc) is 2.23. The van der Waals surface area contributed by atoms with Gasteiger partial charge in [0.25, 0.3) is 5.56 Å². The number of nitrogens with zero attached hydrogens (tertiary/aromatic N) is 1. The van der Waals surface area contributed by atoms with E-state index in [1.165, 1.54) is 6.07 Å². The van der Waals surface area contributed by atoms with E-state index in [1.54, 1.807) is 0 Å². The zero-order valence-corrected chi connectivity index (χ0v) is 10.9.